The van der Waals surface area contributed by atoms with Crippen LogP contribution in [0.15, 0.2) is 65.8 Å². The Balaban J connectivity index is 1.87. The second kappa shape index (κ2) is 6.26. The third kappa shape index (κ3) is 3.43. The molecule has 23 heavy (non-hydrogen) atoms. The highest BCUT2D eigenvalue weighted by atomic mass is 32.2. The second-order valence-corrected chi connectivity index (χ2v) is 6.80. The highest BCUT2D eigenvalue weighted by Gasteiger charge is 2.14. The van der Waals surface area contributed by atoms with Crippen molar-refractivity contribution in [3.8, 4) is 11.4 Å². The van der Waals surface area contributed by atoms with Gasteiger partial charge in [-0.05, 0) is 36.2 Å². The summed E-state index contributed by atoms with van der Waals surface area (Å²) >= 11 is 0. The minimum Gasteiger partial charge on any atom is -0.345 e. The molecule has 0 saturated carbocycles. The van der Waals surface area contributed by atoms with Crippen molar-refractivity contribution < 1.29 is 8.42 Å². The van der Waals surface area contributed by atoms with Gasteiger partial charge >= 0.3 is 0 Å². The maximum Gasteiger partial charge on any atom is 0.261 e. The van der Waals surface area contributed by atoms with Crippen LogP contribution < -0.4 is 4.72 Å². The predicted octanol–water partition coefficient (Wildman–Crippen LogP) is 3.44. The standard InChI is InChI=1S/C17H17N3O2S/c1-2-13-6-8-16(9-7-13)23(21,22)20-15-5-3-4-14(12-15)17-18-10-11-19-17/h3-12,20H,2H2,1H3,(H,18,19). The number of aromatic nitrogens is 2. The molecule has 3 aromatic rings. The molecule has 2 N–H and O–H groups in total. The van der Waals surface area contributed by atoms with Crippen molar-refractivity contribution in [3.63, 3.8) is 0 Å². The number of nitrogens with one attached hydrogen (secondary N) is 2. The summed E-state index contributed by atoms with van der Waals surface area (Å²) in [6.45, 7) is 2.03. The van der Waals surface area contributed by atoms with Crippen molar-refractivity contribution in [2.75, 3.05) is 4.72 Å². The fraction of sp³-hybridized carbons (Fsp3) is 0.118. The number of hydrogen-bond donors (Lipinski definition) is 2. The van der Waals surface area contributed by atoms with Crippen LogP contribution in [0, 0.1) is 0 Å². The monoisotopic (exact) mass is 327 g/mol. The molecule has 0 amide bonds. The molecule has 0 atom stereocenters. The normalized spacial score (nSPS) is 11.3. The Morgan fingerprint density at radius 3 is 2.57 bits per heavy atom. The van der Waals surface area contributed by atoms with E-state index >= 15 is 0 Å². The first kappa shape index (κ1) is 15.3. The van der Waals surface area contributed by atoms with Gasteiger partial charge in [0, 0.05) is 23.6 Å². The number of imidazole rings is 1. The zero-order chi connectivity index (χ0) is 16.3. The summed E-state index contributed by atoms with van der Waals surface area (Å²) in [7, 11) is -3.60. The molecular weight excluding hydrogens is 310 g/mol. The number of aromatic amines is 1. The fourth-order valence-corrected chi connectivity index (χ4v) is 3.32. The second-order valence-electron chi connectivity index (χ2n) is 5.12. The Kier molecular flexibility index (Phi) is 4.16. The summed E-state index contributed by atoms with van der Waals surface area (Å²) in [6.07, 6.45) is 4.25. The van der Waals surface area contributed by atoms with Crippen LogP contribution in [-0.4, -0.2) is 18.4 Å². The Morgan fingerprint density at radius 2 is 1.91 bits per heavy atom. The van der Waals surface area contributed by atoms with Crippen molar-refractivity contribution in [2.45, 2.75) is 18.2 Å². The molecule has 0 aliphatic rings. The van der Waals surface area contributed by atoms with Gasteiger partial charge in [-0.25, -0.2) is 13.4 Å². The zero-order valence-corrected chi connectivity index (χ0v) is 13.5. The molecule has 5 nitrogen and oxygen atoms in total. The van der Waals surface area contributed by atoms with E-state index in [1.54, 1.807) is 42.7 Å². The number of hydrogen-bond acceptors (Lipinski definition) is 3. The Labute approximate surface area is 135 Å². The SMILES string of the molecule is CCc1ccc(S(=O)(=O)Nc2cccc(-c3ncc[nH]3)c2)cc1. The van der Waals surface area contributed by atoms with Crippen molar-refractivity contribution in [1.82, 2.24) is 9.97 Å². The first-order valence-corrected chi connectivity index (χ1v) is 8.78. The van der Waals surface area contributed by atoms with Crippen LogP contribution in [0.1, 0.15) is 12.5 Å². The number of anilines is 1. The van der Waals surface area contributed by atoms with E-state index in [4.69, 9.17) is 0 Å². The molecular formula is C17H17N3O2S. The maximum atomic E-state index is 12.5. The van der Waals surface area contributed by atoms with Crippen molar-refractivity contribution in [2.24, 2.45) is 0 Å². The lowest BCUT2D eigenvalue weighted by molar-refractivity contribution is 0.601. The quantitative estimate of drug-likeness (QED) is 0.754. The molecule has 3 rings (SSSR count). The van der Waals surface area contributed by atoms with Crippen LogP contribution in [0.5, 0.6) is 0 Å². The van der Waals surface area contributed by atoms with E-state index in [0.717, 1.165) is 17.5 Å². The van der Waals surface area contributed by atoms with E-state index < -0.39 is 10.0 Å². The minimum absolute atomic E-state index is 0.248. The third-order valence-electron chi connectivity index (χ3n) is 3.53. The number of rotatable bonds is 5. The molecule has 0 radical (unpaired) electrons. The molecule has 0 spiro atoms. The smallest absolute Gasteiger partial charge is 0.261 e. The van der Waals surface area contributed by atoms with E-state index in [9.17, 15) is 8.42 Å². The highest BCUT2D eigenvalue weighted by molar-refractivity contribution is 7.92. The van der Waals surface area contributed by atoms with E-state index in [1.807, 2.05) is 25.1 Å². The van der Waals surface area contributed by atoms with Crippen LogP contribution in [-0.2, 0) is 16.4 Å². The fourth-order valence-electron chi connectivity index (χ4n) is 2.27. The van der Waals surface area contributed by atoms with E-state index in [0.29, 0.717) is 11.5 Å². The summed E-state index contributed by atoms with van der Waals surface area (Å²) in [5.41, 5.74) is 2.42. The highest BCUT2D eigenvalue weighted by Crippen LogP contribution is 2.22. The first-order chi connectivity index (χ1) is 11.1. The largest absolute Gasteiger partial charge is 0.345 e. The third-order valence-corrected chi connectivity index (χ3v) is 4.93. The topological polar surface area (TPSA) is 74.8 Å². The molecule has 0 unspecified atom stereocenters. The Hall–Kier alpha value is -2.60. The van der Waals surface area contributed by atoms with Crippen LogP contribution >= 0.6 is 0 Å². The summed E-state index contributed by atoms with van der Waals surface area (Å²) in [5.74, 6) is 0.693. The van der Waals surface area contributed by atoms with Crippen molar-refractivity contribution in [1.29, 1.82) is 0 Å². The molecule has 1 aromatic heterocycles. The van der Waals surface area contributed by atoms with E-state index in [2.05, 4.69) is 14.7 Å². The number of nitrogens with zero attached hydrogens (tertiary/aromatic N) is 1. The molecule has 0 aliphatic heterocycles. The average molecular weight is 327 g/mol. The zero-order valence-electron chi connectivity index (χ0n) is 12.7. The first-order valence-electron chi connectivity index (χ1n) is 7.30. The van der Waals surface area contributed by atoms with Gasteiger partial charge in [-0.2, -0.15) is 0 Å². The Bertz CT molecular complexity index is 886. The predicted molar refractivity (Wildman–Crippen MR) is 90.7 cm³/mol. The van der Waals surface area contributed by atoms with Crippen LogP contribution in [0.4, 0.5) is 5.69 Å². The van der Waals surface area contributed by atoms with Crippen LogP contribution in [0.25, 0.3) is 11.4 Å². The van der Waals surface area contributed by atoms with Gasteiger partial charge in [-0.1, -0.05) is 31.2 Å². The maximum absolute atomic E-state index is 12.5. The van der Waals surface area contributed by atoms with Gasteiger partial charge in [0.25, 0.3) is 10.0 Å². The molecule has 118 valence electrons. The summed E-state index contributed by atoms with van der Waals surface area (Å²) in [5, 5.41) is 0. The number of benzene rings is 2. The lowest BCUT2D eigenvalue weighted by Crippen LogP contribution is -2.13. The van der Waals surface area contributed by atoms with Gasteiger partial charge < -0.3 is 4.98 Å². The summed E-state index contributed by atoms with van der Waals surface area (Å²) in [4.78, 5) is 7.42. The van der Waals surface area contributed by atoms with Crippen molar-refractivity contribution in [3.05, 3.63) is 66.5 Å². The summed E-state index contributed by atoms with van der Waals surface area (Å²) in [6, 6.07) is 14.0. The number of sulfonamides is 1. The molecule has 0 bridgehead atoms. The van der Waals surface area contributed by atoms with Gasteiger partial charge in [0.15, 0.2) is 0 Å². The van der Waals surface area contributed by atoms with E-state index in [-0.39, 0.29) is 4.90 Å². The van der Waals surface area contributed by atoms with Crippen molar-refractivity contribution >= 4 is 15.7 Å². The van der Waals surface area contributed by atoms with Gasteiger partial charge in [-0.15, -0.1) is 0 Å². The number of aryl methyl sites for hydroxylation is 1. The molecule has 2 aromatic carbocycles. The van der Waals surface area contributed by atoms with Gasteiger partial charge in [0.05, 0.1) is 4.90 Å². The molecule has 6 heteroatoms. The van der Waals surface area contributed by atoms with Gasteiger partial charge in [0.2, 0.25) is 0 Å². The van der Waals surface area contributed by atoms with E-state index in [1.165, 1.54) is 0 Å². The average Bonchev–Trinajstić information content (AvgIpc) is 3.09. The van der Waals surface area contributed by atoms with Crippen LogP contribution in [0.2, 0.25) is 0 Å². The molecule has 0 saturated heterocycles. The number of H-pyrrole nitrogens is 1. The Morgan fingerprint density at radius 1 is 1.13 bits per heavy atom. The molecule has 0 fully saturated rings. The lowest BCUT2D eigenvalue weighted by Gasteiger charge is -2.09. The lowest BCUT2D eigenvalue weighted by atomic mass is 10.2. The minimum atomic E-state index is -3.60. The summed E-state index contributed by atoms with van der Waals surface area (Å²) < 4.78 is 27.5. The molecule has 0 aliphatic carbocycles. The van der Waals surface area contributed by atoms with Gasteiger partial charge in [-0.3, -0.25) is 4.72 Å². The van der Waals surface area contributed by atoms with Crippen LogP contribution in [0.3, 0.4) is 0 Å². The molecule has 1 heterocycles. The van der Waals surface area contributed by atoms with Gasteiger partial charge in [0.1, 0.15) is 5.82 Å².